The zero-order chi connectivity index (χ0) is 14.2. The minimum absolute atomic E-state index is 0.618. The Kier molecular flexibility index (Phi) is 6.43. The van der Waals surface area contributed by atoms with Crippen molar-refractivity contribution in [1.29, 1.82) is 0 Å². The van der Waals surface area contributed by atoms with E-state index in [1.54, 1.807) is 0 Å². The molecule has 0 aliphatic carbocycles. The Morgan fingerprint density at radius 3 is 2.90 bits per heavy atom. The normalized spacial score (nSPS) is 21.2. The molecule has 0 amide bonds. The lowest BCUT2D eigenvalue weighted by Gasteiger charge is -2.39. The van der Waals surface area contributed by atoms with Gasteiger partial charge < -0.3 is 9.64 Å². The summed E-state index contributed by atoms with van der Waals surface area (Å²) >= 11 is 0. The van der Waals surface area contributed by atoms with Crippen LogP contribution in [0.1, 0.15) is 19.5 Å². The van der Waals surface area contributed by atoms with Crippen LogP contribution in [0.25, 0.3) is 0 Å². The van der Waals surface area contributed by atoms with Crippen LogP contribution in [0.5, 0.6) is 0 Å². The van der Waals surface area contributed by atoms with Crippen molar-refractivity contribution < 1.29 is 4.74 Å². The van der Waals surface area contributed by atoms with E-state index < -0.39 is 0 Å². The summed E-state index contributed by atoms with van der Waals surface area (Å²) in [5.41, 5.74) is 1.19. The van der Waals surface area contributed by atoms with E-state index in [-0.39, 0.29) is 0 Å². The van der Waals surface area contributed by atoms with Crippen molar-refractivity contribution in [1.82, 2.24) is 14.8 Å². The second-order valence-electron chi connectivity index (χ2n) is 5.45. The van der Waals surface area contributed by atoms with Gasteiger partial charge >= 0.3 is 0 Å². The average Bonchev–Trinajstić information content (AvgIpc) is 2.48. The zero-order valence-corrected chi connectivity index (χ0v) is 12.8. The third kappa shape index (κ3) is 4.85. The van der Waals surface area contributed by atoms with Crippen LogP contribution >= 0.6 is 0 Å². The number of hydrogen-bond donors (Lipinski definition) is 0. The van der Waals surface area contributed by atoms with Crippen LogP contribution in [-0.2, 0) is 11.2 Å². The summed E-state index contributed by atoms with van der Waals surface area (Å²) in [6.07, 6.45) is 2.93. The van der Waals surface area contributed by atoms with Gasteiger partial charge in [-0.3, -0.25) is 9.88 Å². The van der Waals surface area contributed by atoms with Gasteiger partial charge in [-0.15, -0.1) is 0 Å². The first-order chi connectivity index (χ1) is 9.79. The largest absolute Gasteiger partial charge is 0.380 e. The number of rotatable bonds is 7. The van der Waals surface area contributed by atoms with Crippen molar-refractivity contribution in [3.63, 3.8) is 0 Å². The Morgan fingerprint density at radius 2 is 2.20 bits per heavy atom. The summed E-state index contributed by atoms with van der Waals surface area (Å²) in [4.78, 5) is 9.48. The van der Waals surface area contributed by atoms with Crippen molar-refractivity contribution in [2.75, 3.05) is 45.9 Å². The molecule has 4 heteroatoms. The number of pyridine rings is 1. The molecule has 112 valence electrons. The standard InChI is InChI=1S/C16H27N3O/c1-3-20-13-12-19-11-10-18(14-15(19)2)9-7-16-6-4-5-8-17-16/h4-6,8,15H,3,7,9-14H2,1-2H3. The van der Waals surface area contributed by atoms with Gasteiger partial charge in [-0.25, -0.2) is 0 Å². The van der Waals surface area contributed by atoms with Crippen LogP contribution < -0.4 is 0 Å². The van der Waals surface area contributed by atoms with E-state index in [1.165, 1.54) is 5.69 Å². The molecule has 20 heavy (non-hydrogen) atoms. The molecular formula is C16H27N3O. The molecule has 4 nitrogen and oxygen atoms in total. The van der Waals surface area contributed by atoms with E-state index in [0.717, 1.165) is 52.4 Å². The molecule has 0 spiro atoms. The van der Waals surface area contributed by atoms with Gasteiger partial charge in [-0.1, -0.05) is 6.07 Å². The smallest absolute Gasteiger partial charge is 0.0593 e. The fourth-order valence-corrected chi connectivity index (χ4v) is 2.75. The van der Waals surface area contributed by atoms with E-state index >= 15 is 0 Å². The van der Waals surface area contributed by atoms with Crippen LogP contribution in [0.3, 0.4) is 0 Å². The molecule has 1 aromatic rings. The first kappa shape index (κ1) is 15.4. The quantitative estimate of drug-likeness (QED) is 0.709. The van der Waals surface area contributed by atoms with Crippen molar-refractivity contribution in [3.05, 3.63) is 30.1 Å². The second-order valence-corrected chi connectivity index (χ2v) is 5.45. The Labute approximate surface area is 122 Å². The van der Waals surface area contributed by atoms with E-state index in [1.807, 2.05) is 12.3 Å². The lowest BCUT2D eigenvalue weighted by atomic mass is 10.1. The van der Waals surface area contributed by atoms with Gasteiger partial charge in [-0.2, -0.15) is 0 Å². The monoisotopic (exact) mass is 277 g/mol. The molecule has 1 aliphatic heterocycles. The van der Waals surface area contributed by atoms with Crippen molar-refractivity contribution in [2.24, 2.45) is 0 Å². The number of nitrogens with zero attached hydrogens (tertiary/aromatic N) is 3. The van der Waals surface area contributed by atoms with Crippen LogP contribution in [0.2, 0.25) is 0 Å². The first-order valence-corrected chi connectivity index (χ1v) is 7.73. The highest BCUT2D eigenvalue weighted by atomic mass is 16.5. The maximum atomic E-state index is 5.45. The third-order valence-corrected chi connectivity index (χ3v) is 3.99. The fourth-order valence-electron chi connectivity index (χ4n) is 2.75. The van der Waals surface area contributed by atoms with Gasteiger partial charge in [0.1, 0.15) is 0 Å². The van der Waals surface area contributed by atoms with E-state index in [2.05, 4.69) is 40.8 Å². The summed E-state index contributed by atoms with van der Waals surface area (Å²) in [7, 11) is 0. The van der Waals surface area contributed by atoms with Gasteiger partial charge in [0.15, 0.2) is 0 Å². The highest BCUT2D eigenvalue weighted by Gasteiger charge is 2.22. The molecule has 1 saturated heterocycles. The highest BCUT2D eigenvalue weighted by molar-refractivity contribution is 5.03. The van der Waals surface area contributed by atoms with Crippen molar-refractivity contribution in [3.8, 4) is 0 Å². The zero-order valence-electron chi connectivity index (χ0n) is 12.8. The molecule has 2 heterocycles. The molecule has 0 aromatic carbocycles. The topological polar surface area (TPSA) is 28.6 Å². The number of ether oxygens (including phenoxy) is 1. The molecule has 0 saturated carbocycles. The Bertz CT molecular complexity index is 371. The number of piperazine rings is 1. The summed E-state index contributed by atoms with van der Waals surface area (Å²) in [6, 6.07) is 6.77. The molecule has 1 aromatic heterocycles. The average molecular weight is 277 g/mol. The number of hydrogen-bond acceptors (Lipinski definition) is 4. The van der Waals surface area contributed by atoms with Crippen LogP contribution in [0, 0.1) is 0 Å². The molecule has 2 rings (SSSR count). The molecule has 1 aliphatic rings. The molecule has 0 radical (unpaired) electrons. The molecule has 0 N–H and O–H groups in total. The Morgan fingerprint density at radius 1 is 1.30 bits per heavy atom. The molecular weight excluding hydrogens is 250 g/mol. The predicted molar refractivity (Wildman–Crippen MR) is 81.9 cm³/mol. The predicted octanol–water partition coefficient (Wildman–Crippen LogP) is 1.67. The highest BCUT2D eigenvalue weighted by Crippen LogP contribution is 2.10. The molecule has 1 atom stereocenters. The van der Waals surface area contributed by atoms with Gasteiger partial charge in [0, 0.05) is 63.7 Å². The molecule has 1 fully saturated rings. The SMILES string of the molecule is CCOCCN1CCN(CCc2ccccn2)CC1C. The lowest BCUT2D eigenvalue weighted by Crippen LogP contribution is -2.52. The summed E-state index contributed by atoms with van der Waals surface area (Å²) in [5, 5.41) is 0. The lowest BCUT2D eigenvalue weighted by molar-refractivity contribution is 0.0497. The van der Waals surface area contributed by atoms with Gasteiger partial charge in [0.05, 0.1) is 6.61 Å². The minimum Gasteiger partial charge on any atom is -0.380 e. The summed E-state index contributed by atoms with van der Waals surface area (Å²) in [6.45, 7) is 11.7. The van der Waals surface area contributed by atoms with Gasteiger partial charge in [0.2, 0.25) is 0 Å². The minimum atomic E-state index is 0.618. The maximum absolute atomic E-state index is 5.45. The van der Waals surface area contributed by atoms with Crippen molar-refractivity contribution in [2.45, 2.75) is 26.3 Å². The Balaban J connectivity index is 1.69. The third-order valence-electron chi connectivity index (χ3n) is 3.99. The van der Waals surface area contributed by atoms with E-state index in [4.69, 9.17) is 4.74 Å². The summed E-state index contributed by atoms with van der Waals surface area (Å²) in [5.74, 6) is 0. The van der Waals surface area contributed by atoms with Crippen LogP contribution in [0.15, 0.2) is 24.4 Å². The fraction of sp³-hybridized carbons (Fsp3) is 0.688. The molecule has 0 bridgehead atoms. The molecule has 1 unspecified atom stereocenters. The van der Waals surface area contributed by atoms with Crippen LogP contribution in [0.4, 0.5) is 0 Å². The Hall–Kier alpha value is -0.970. The maximum Gasteiger partial charge on any atom is 0.0593 e. The van der Waals surface area contributed by atoms with Gasteiger partial charge in [0.25, 0.3) is 0 Å². The number of aromatic nitrogens is 1. The van der Waals surface area contributed by atoms with Gasteiger partial charge in [-0.05, 0) is 26.0 Å². The van der Waals surface area contributed by atoms with Crippen molar-refractivity contribution >= 4 is 0 Å². The van der Waals surface area contributed by atoms with E-state index in [9.17, 15) is 0 Å². The summed E-state index contributed by atoms with van der Waals surface area (Å²) < 4.78 is 5.45. The second kappa shape index (κ2) is 8.35. The van der Waals surface area contributed by atoms with E-state index in [0.29, 0.717) is 6.04 Å². The van der Waals surface area contributed by atoms with Crippen LogP contribution in [-0.4, -0.2) is 66.8 Å². The first-order valence-electron chi connectivity index (χ1n) is 7.73.